The molecule has 0 unspecified atom stereocenters. The predicted octanol–water partition coefficient (Wildman–Crippen LogP) is 2.44. The molecule has 0 amide bonds. The smallest absolute Gasteiger partial charge is 0.310 e. The quantitative estimate of drug-likeness (QED) is 0.692. The topological polar surface area (TPSA) is 57.0 Å². The van der Waals surface area contributed by atoms with E-state index in [4.69, 9.17) is 4.74 Å². The fourth-order valence-corrected chi connectivity index (χ4v) is 2.47. The number of aromatic nitrogens is 3. The Morgan fingerprint density at radius 3 is 2.86 bits per heavy atom. The van der Waals surface area contributed by atoms with E-state index in [0.29, 0.717) is 0 Å². The zero-order valence-electron chi connectivity index (χ0n) is 11.9. The number of imidazole rings is 1. The lowest BCUT2D eigenvalue weighted by molar-refractivity contribution is -0.139. The third-order valence-corrected chi connectivity index (χ3v) is 3.48. The number of carbonyl (C=O) groups is 1. The number of fused-ring (bicyclic) bond motifs is 1. The molecular weight excluding hydrogens is 266 g/mol. The molecule has 1 aromatic carbocycles. The van der Waals surface area contributed by atoms with E-state index < -0.39 is 0 Å². The van der Waals surface area contributed by atoms with Crippen LogP contribution in [0.2, 0.25) is 0 Å². The summed E-state index contributed by atoms with van der Waals surface area (Å²) in [5.74, 6) is -0.281. The Balaban J connectivity index is 2.32. The van der Waals surface area contributed by atoms with Crippen LogP contribution < -0.4 is 0 Å². The third-order valence-electron chi connectivity index (χ3n) is 3.48. The minimum atomic E-state index is -0.281. The number of nitrogens with zero attached hydrogens (tertiary/aromatic N) is 3. The van der Waals surface area contributed by atoms with E-state index in [9.17, 15) is 4.79 Å². The van der Waals surface area contributed by atoms with Crippen molar-refractivity contribution in [2.45, 2.75) is 13.3 Å². The van der Waals surface area contributed by atoms with Gasteiger partial charge in [0.15, 0.2) is 0 Å². The minimum Gasteiger partial charge on any atom is -0.469 e. The normalized spacial score (nSPS) is 10.8. The minimum absolute atomic E-state index is 0.188. The summed E-state index contributed by atoms with van der Waals surface area (Å²) in [6.45, 7) is 1.91. The van der Waals surface area contributed by atoms with Crippen molar-refractivity contribution < 1.29 is 9.53 Å². The Labute approximate surface area is 122 Å². The van der Waals surface area contributed by atoms with E-state index >= 15 is 0 Å². The van der Waals surface area contributed by atoms with Crippen LogP contribution in [0.15, 0.2) is 43.0 Å². The summed E-state index contributed by atoms with van der Waals surface area (Å²) >= 11 is 0. The Morgan fingerprint density at radius 1 is 1.33 bits per heavy atom. The molecule has 3 aromatic rings. The molecule has 0 aliphatic carbocycles. The highest BCUT2D eigenvalue weighted by atomic mass is 16.5. The summed E-state index contributed by atoms with van der Waals surface area (Å²) in [5.41, 5.74) is 3.51. The van der Waals surface area contributed by atoms with Crippen molar-refractivity contribution in [3.63, 3.8) is 0 Å². The van der Waals surface area contributed by atoms with Gasteiger partial charge in [0.25, 0.3) is 0 Å². The molecule has 0 bridgehead atoms. The number of hydrogen-bond donors (Lipinski definition) is 0. The molecule has 5 nitrogen and oxygen atoms in total. The van der Waals surface area contributed by atoms with E-state index in [2.05, 4.69) is 9.97 Å². The van der Waals surface area contributed by atoms with Crippen LogP contribution in [0.3, 0.4) is 0 Å². The first-order valence-electron chi connectivity index (χ1n) is 6.64. The fraction of sp³-hybridized carbons (Fsp3) is 0.188. The number of rotatable bonds is 3. The second kappa shape index (κ2) is 5.36. The van der Waals surface area contributed by atoms with Gasteiger partial charge in [-0.25, -0.2) is 4.98 Å². The number of methoxy groups -OCH3 is 1. The van der Waals surface area contributed by atoms with Crippen molar-refractivity contribution in [1.82, 2.24) is 14.5 Å². The fourth-order valence-electron chi connectivity index (χ4n) is 2.47. The molecule has 21 heavy (non-hydrogen) atoms. The van der Waals surface area contributed by atoms with Crippen molar-refractivity contribution >= 4 is 16.9 Å². The first kappa shape index (κ1) is 13.3. The number of ether oxygens (including phenoxy) is 1. The van der Waals surface area contributed by atoms with Gasteiger partial charge < -0.3 is 9.30 Å². The molecule has 0 saturated heterocycles. The van der Waals surface area contributed by atoms with Gasteiger partial charge >= 0.3 is 5.97 Å². The van der Waals surface area contributed by atoms with Crippen LogP contribution in [0.25, 0.3) is 16.6 Å². The monoisotopic (exact) mass is 281 g/mol. The Hall–Kier alpha value is -2.69. The zero-order valence-corrected chi connectivity index (χ0v) is 11.9. The lowest BCUT2D eigenvalue weighted by Crippen LogP contribution is -2.11. The summed E-state index contributed by atoms with van der Waals surface area (Å²) in [6.07, 6.45) is 5.49. The highest BCUT2D eigenvalue weighted by molar-refractivity contribution is 5.90. The van der Waals surface area contributed by atoms with E-state index in [1.165, 1.54) is 7.11 Å². The van der Waals surface area contributed by atoms with Crippen LogP contribution >= 0.6 is 0 Å². The highest BCUT2D eigenvalue weighted by Crippen LogP contribution is 2.27. The van der Waals surface area contributed by atoms with Crippen molar-refractivity contribution in [3.05, 3.63) is 54.2 Å². The molecule has 0 spiro atoms. The zero-order chi connectivity index (χ0) is 14.8. The molecule has 0 radical (unpaired) electrons. The molecule has 5 heteroatoms. The number of carbonyl (C=O) groups excluding carboxylic acids is 1. The molecule has 0 fully saturated rings. The molecule has 0 N–H and O–H groups in total. The van der Waals surface area contributed by atoms with Gasteiger partial charge in [-0.15, -0.1) is 0 Å². The standard InChI is InChI=1S/C16H15N3O2/c1-11-13(9-15(20)21-2)16(19-8-7-17-10-19)12-5-3-4-6-14(12)18-11/h3-8,10H,9H2,1-2H3. The van der Waals surface area contributed by atoms with Gasteiger partial charge in [0, 0.05) is 29.0 Å². The van der Waals surface area contributed by atoms with E-state index in [-0.39, 0.29) is 12.4 Å². The number of pyridine rings is 1. The molecule has 0 saturated carbocycles. The largest absolute Gasteiger partial charge is 0.469 e. The van der Waals surface area contributed by atoms with Gasteiger partial charge in [0.05, 0.1) is 31.1 Å². The molecule has 0 aliphatic rings. The number of esters is 1. The summed E-state index contributed by atoms with van der Waals surface area (Å²) in [7, 11) is 1.39. The first-order valence-corrected chi connectivity index (χ1v) is 6.64. The van der Waals surface area contributed by atoms with Gasteiger partial charge in [-0.1, -0.05) is 18.2 Å². The number of aryl methyl sites for hydroxylation is 1. The molecule has 2 aromatic heterocycles. The summed E-state index contributed by atoms with van der Waals surface area (Å²) in [5, 5.41) is 0.986. The van der Waals surface area contributed by atoms with Gasteiger partial charge in [-0.2, -0.15) is 0 Å². The molecule has 3 rings (SSSR count). The van der Waals surface area contributed by atoms with Gasteiger partial charge in [-0.05, 0) is 13.0 Å². The maximum Gasteiger partial charge on any atom is 0.310 e. The molecule has 0 atom stereocenters. The summed E-state index contributed by atoms with van der Waals surface area (Å²) in [4.78, 5) is 20.4. The van der Waals surface area contributed by atoms with Crippen LogP contribution in [0, 0.1) is 6.92 Å². The molecular formula is C16H15N3O2. The molecule has 0 aliphatic heterocycles. The lowest BCUT2D eigenvalue weighted by Gasteiger charge is -2.15. The van der Waals surface area contributed by atoms with Gasteiger partial charge in [0.1, 0.15) is 0 Å². The van der Waals surface area contributed by atoms with Crippen LogP contribution in [-0.4, -0.2) is 27.6 Å². The predicted molar refractivity (Wildman–Crippen MR) is 79.3 cm³/mol. The maximum absolute atomic E-state index is 11.7. The van der Waals surface area contributed by atoms with E-state index in [1.807, 2.05) is 42.0 Å². The van der Waals surface area contributed by atoms with Crippen LogP contribution in [0.4, 0.5) is 0 Å². The molecule has 106 valence electrons. The maximum atomic E-state index is 11.7. The van der Waals surface area contributed by atoms with Crippen molar-refractivity contribution in [3.8, 4) is 5.69 Å². The summed E-state index contributed by atoms with van der Waals surface area (Å²) in [6, 6.07) is 7.87. The number of para-hydroxylation sites is 1. The highest BCUT2D eigenvalue weighted by Gasteiger charge is 2.17. The van der Waals surface area contributed by atoms with Crippen LogP contribution in [0.1, 0.15) is 11.3 Å². The van der Waals surface area contributed by atoms with Crippen molar-refractivity contribution in [1.29, 1.82) is 0 Å². The second-order valence-electron chi connectivity index (χ2n) is 4.76. The summed E-state index contributed by atoms with van der Waals surface area (Å²) < 4.78 is 6.71. The van der Waals surface area contributed by atoms with E-state index in [1.54, 1.807) is 12.5 Å². The van der Waals surface area contributed by atoms with Crippen molar-refractivity contribution in [2.75, 3.05) is 7.11 Å². The SMILES string of the molecule is COC(=O)Cc1c(C)nc2ccccc2c1-n1ccnc1. The first-order chi connectivity index (χ1) is 10.2. The van der Waals surface area contributed by atoms with Gasteiger partial charge in [-0.3, -0.25) is 9.78 Å². The Kier molecular flexibility index (Phi) is 3.39. The Morgan fingerprint density at radius 2 is 2.14 bits per heavy atom. The lowest BCUT2D eigenvalue weighted by atomic mass is 10.0. The van der Waals surface area contributed by atoms with Gasteiger partial charge in [0.2, 0.25) is 0 Å². The number of benzene rings is 1. The van der Waals surface area contributed by atoms with Crippen LogP contribution in [0.5, 0.6) is 0 Å². The molecule has 2 heterocycles. The average molecular weight is 281 g/mol. The average Bonchev–Trinajstić information content (AvgIpc) is 3.01. The Bertz CT molecular complexity index is 795. The van der Waals surface area contributed by atoms with Crippen LogP contribution in [-0.2, 0) is 16.0 Å². The van der Waals surface area contributed by atoms with Crippen molar-refractivity contribution in [2.24, 2.45) is 0 Å². The third kappa shape index (κ3) is 2.38. The number of hydrogen-bond acceptors (Lipinski definition) is 4. The van der Waals surface area contributed by atoms with E-state index in [0.717, 1.165) is 27.8 Å². The second-order valence-corrected chi connectivity index (χ2v) is 4.76.